The summed E-state index contributed by atoms with van der Waals surface area (Å²) < 4.78 is 5.15. The van der Waals surface area contributed by atoms with Crippen molar-refractivity contribution in [3.05, 3.63) is 24.3 Å². The van der Waals surface area contributed by atoms with E-state index < -0.39 is 0 Å². The van der Waals surface area contributed by atoms with Gasteiger partial charge in [0.2, 0.25) is 11.8 Å². The second-order valence-corrected chi connectivity index (χ2v) is 6.49. The standard InChI is InChI=1S/C18H25N3O3.ClH/c1-19-14-7-9-20(10-8-14)18(23)13-11-17(22)21(12-13)15-3-5-16(24-2)6-4-15;/h3-6,13-14,19H,7-12H2,1-2H3;1H. The zero-order valence-corrected chi connectivity index (χ0v) is 15.6. The van der Waals surface area contributed by atoms with Crippen molar-refractivity contribution < 1.29 is 14.3 Å². The molecule has 0 aromatic heterocycles. The Morgan fingerprint density at radius 3 is 2.40 bits per heavy atom. The molecular weight excluding hydrogens is 342 g/mol. The van der Waals surface area contributed by atoms with Crippen LogP contribution in [0.1, 0.15) is 19.3 Å². The molecule has 0 saturated carbocycles. The van der Waals surface area contributed by atoms with Gasteiger partial charge in [0.25, 0.3) is 0 Å². The summed E-state index contributed by atoms with van der Waals surface area (Å²) in [4.78, 5) is 28.7. The molecule has 2 heterocycles. The highest BCUT2D eigenvalue weighted by atomic mass is 35.5. The molecule has 0 spiro atoms. The Bertz CT molecular complexity index is 600. The normalized spacial score (nSPS) is 21.2. The van der Waals surface area contributed by atoms with Gasteiger partial charge in [0.1, 0.15) is 5.75 Å². The largest absolute Gasteiger partial charge is 0.497 e. The van der Waals surface area contributed by atoms with Crippen molar-refractivity contribution >= 4 is 29.9 Å². The first-order chi connectivity index (χ1) is 11.6. The van der Waals surface area contributed by atoms with Crippen LogP contribution in [0, 0.1) is 5.92 Å². The molecule has 1 aromatic carbocycles. The molecule has 2 saturated heterocycles. The van der Waals surface area contributed by atoms with Crippen LogP contribution >= 0.6 is 12.4 Å². The summed E-state index contributed by atoms with van der Waals surface area (Å²) in [5, 5.41) is 3.27. The summed E-state index contributed by atoms with van der Waals surface area (Å²) >= 11 is 0. The van der Waals surface area contributed by atoms with Gasteiger partial charge in [-0.1, -0.05) is 0 Å². The second-order valence-electron chi connectivity index (χ2n) is 6.49. The van der Waals surface area contributed by atoms with Crippen molar-refractivity contribution in [2.45, 2.75) is 25.3 Å². The van der Waals surface area contributed by atoms with Gasteiger partial charge >= 0.3 is 0 Å². The van der Waals surface area contributed by atoms with Gasteiger partial charge in [-0.15, -0.1) is 12.4 Å². The first-order valence-electron chi connectivity index (χ1n) is 8.53. The van der Waals surface area contributed by atoms with Gasteiger partial charge in [0.15, 0.2) is 0 Å². The molecule has 7 heteroatoms. The summed E-state index contributed by atoms with van der Waals surface area (Å²) in [6, 6.07) is 7.89. The van der Waals surface area contributed by atoms with Crippen LogP contribution in [0.5, 0.6) is 5.75 Å². The molecule has 1 unspecified atom stereocenters. The van der Waals surface area contributed by atoms with Gasteiger partial charge in [-0.25, -0.2) is 0 Å². The first-order valence-corrected chi connectivity index (χ1v) is 8.53. The molecule has 2 aliphatic rings. The van der Waals surface area contributed by atoms with Gasteiger partial charge in [-0.05, 0) is 44.2 Å². The van der Waals surface area contributed by atoms with E-state index in [2.05, 4.69) is 5.32 Å². The van der Waals surface area contributed by atoms with Crippen LogP contribution in [0.4, 0.5) is 5.69 Å². The summed E-state index contributed by atoms with van der Waals surface area (Å²) in [6.45, 7) is 2.02. The monoisotopic (exact) mass is 367 g/mol. The van der Waals surface area contributed by atoms with Crippen LogP contribution in [0.2, 0.25) is 0 Å². The molecule has 25 heavy (non-hydrogen) atoms. The average molecular weight is 368 g/mol. The number of benzene rings is 1. The van der Waals surface area contributed by atoms with E-state index in [1.807, 2.05) is 36.2 Å². The molecule has 0 radical (unpaired) electrons. The molecule has 3 rings (SSSR count). The molecule has 2 fully saturated rings. The predicted molar refractivity (Wildman–Crippen MR) is 99.4 cm³/mol. The number of hydrogen-bond acceptors (Lipinski definition) is 4. The van der Waals surface area contributed by atoms with Crippen LogP contribution in [0.3, 0.4) is 0 Å². The Morgan fingerprint density at radius 1 is 1.20 bits per heavy atom. The molecule has 1 aromatic rings. The number of hydrogen-bond donors (Lipinski definition) is 1. The molecule has 1 N–H and O–H groups in total. The number of methoxy groups -OCH3 is 1. The third kappa shape index (κ3) is 4.25. The van der Waals surface area contributed by atoms with Crippen molar-refractivity contribution in [3.8, 4) is 5.75 Å². The van der Waals surface area contributed by atoms with Crippen molar-refractivity contribution in [1.29, 1.82) is 0 Å². The minimum atomic E-state index is -0.231. The molecule has 0 bridgehead atoms. The Kier molecular flexibility index (Phi) is 6.67. The smallest absolute Gasteiger partial charge is 0.228 e. The van der Waals surface area contributed by atoms with Gasteiger partial charge in [-0.2, -0.15) is 0 Å². The van der Waals surface area contributed by atoms with Crippen molar-refractivity contribution in [2.24, 2.45) is 5.92 Å². The lowest BCUT2D eigenvalue weighted by Gasteiger charge is -2.33. The van der Waals surface area contributed by atoms with Gasteiger partial charge in [0.05, 0.1) is 13.0 Å². The maximum absolute atomic E-state index is 12.7. The van der Waals surface area contributed by atoms with Gasteiger partial charge in [0, 0.05) is 37.8 Å². The summed E-state index contributed by atoms with van der Waals surface area (Å²) in [5.74, 6) is 0.661. The lowest BCUT2D eigenvalue weighted by atomic mass is 10.0. The summed E-state index contributed by atoms with van der Waals surface area (Å²) in [6.07, 6.45) is 2.26. The lowest BCUT2D eigenvalue weighted by Crippen LogP contribution is -2.46. The SMILES string of the molecule is CNC1CCN(C(=O)C2CC(=O)N(c3ccc(OC)cc3)C2)CC1.Cl. The highest BCUT2D eigenvalue weighted by Gasteiger charge is 2.37. The van der Waals surface area contributed by atoms with Gasteiger partial charge in [-0.3, -0.25) is 9.59 Å². The van der Waals surface area contributed by atoms with Crippen LogP contribution in [-0.4, -0.2) is 56.5 Å². The van der Waals surface area contributed by atoms with E-state index in [0.29, 0.717) is 19.0 Å². The number of carbonyl (C=O) groups is 2. The highest BCUT2D eigenvalue weighted by Crippen LogP contribution is 2.28. The van der Waals surface area contributed by atoms with Crippen LogP contribution in [0.25, 0.3) is 0 Å². The second kappa shape index (κ2) is 8.54. The number of carbonyl (C=O) groups excluding carboxylic acids is 2. The van der Waals surface area contributed by atoms with E-state index in [1.165, 1.54) is 0 Å². The van der Waals surface area contributed by atoms with E-state index in [-0.39, 0.29) is 30.1 Å². The number of anilines is 1. The fourth-order valence-electron chi connectivity index (χ4n) is 3.53. The fraction of sp³-hybridized carbons (Fsp3) is 0.556. The number of rotatable bonds is 4. The molecular formula is C18H26ClN3O3. The first kappa shape index (κ1) is 19.5. The third-order valence-electron chi connectivity index (χ3n) is 5.07. The molecule has 2 amide bonds. The average Bonchev–Trinajstić information content (AvgIpc) is 3.03. The molecule has 6 nitrogen and oxygen atoms in total. The van der Waals surface area contributed by atoms with E-state index >= 15 is 0 Å². The quantitative estimate of drug-likeness (QED) is 0.879. The topological polar surface area (TPSA) is 61.9 Å². The summed E-state index contributed by atoms with van der Waals surface area (Å²) in [7, 11) is 3.58. The maximum Gasteiger partial charge on any atom is 0.228 e. The van der Waals surface area contributed by atoms with E-state index in [0.717, 1.165) is 37.4 Å². The Hall–Kier alpha value is -1.79. The molecule has 0 aliphatic carbocycles. The van der Waals surface area contributed by atoms with Crippen molar-refractivity contribution in [1.82, 2.24) is 10.2 Å². The van der Waals surface area contributed by atoms with Crippen molar-refractivity contribution in [3.63, 3.8) is 0 Å². The maximum atomic E-state index is 12.7. The van der Waals surface area contributed by atoms with E-state index in [9.17, 15) is 9.59 Å². The fourth-order valence-corrected chi connectivity index (χ4v) is 3.53. The number of amides is 2. The summed E-state index contributed by atoms with van der Waals surface area (Å²) in [5.41, 5.74) is 0.824. The number of halogens is 1. The number of nitrogens with one attached hydrogen (secondary N) is 1. The zero-order chi connectivity index (χ0) is 17.1. The Balaban J connectivity index is 0.00000225. The Morgan fingerprint density at radius 2 is 1.84 bits per heavy atom. The number of ether oxygens (including phenoxy) is 1. The van der Waals surface area contributed by atoms with E-state index in [4.69, 9.17) is 4.74 Å². The van der Waals surface area contributed by atoms with Crippen LogP contribution < -0.4 is 15.0 Å². The van der Waals surface area contributed by atoms with Crippen LogP contribution in [0.15, 0.2) is 24.3 Å². The van der Waals surface area contributed by atoms with Crippen molar-refractivity contribution in [2.75, 3.05) is 38.7 Å². The molecule has 1 atom stereocenters. The lowest BCUT2D eigenvalue weighted by molar-refractivity contribution is -0.136. The number of likely N-dealkylation sites (tertiary alicyclic amines) is 1. The number of piperidine rings is 1. The van der Waals surface area contributed by atoms with Gasteiger partial charge < -0.3 is 19.9 Å². The Labute approximate surface area is 154 Å². The molecule has 138 valence electrons. The predicted octanol–water partition coefficient (Wildman–Crippen LogP) is 1.68. The molecule has 2 aliphatic heterocycles. The highest BCUT2D eigenvalue weighted by molar-refractivity contribution is 6.00. The third-order valence-corrected chi connectivity index (χ3v) is 5.07. The minimum absolute atomic E-state index is 0. The zero-order valence-electron chi connectivity index (χ0n) is 14.7. The van der Waals surface area contributed by atoms with E-state index in [1.54, 1.807) is 12.0 Å². The number of nitrogens with zero attached hydrogens (tertiary/aromatic N) is 2. The minimum Gasteiger partial charge on any atom is -0.497 e. The van der Waals surface area contributed by atoms with Crippen LogP contribution in [-0.2, 0) is 9.59 Å².